The quantitative estimate of drug-likeness (QED) is 0.765. The maximum Gasteiger partial charge on any atom is 0.319 e. The van der Waals surface area contributed by atoms with Gasteiger partial charge in [-0.05, 0) is 30.9 Å². The SMILES string of the molecule is Cn1ccnc1[C@@H](NC(=O)Nc1cc(Cl)c2c(c1)NC(=O)CO2)C1CC1. The van der Waals surface area contributed by atoms with Gasteiger partial charge in [-0.3, -0.25) is 4.79 Å². The zero-order valence-corrected chi connectivity index (χ0v) is 14.8. The van der Waals surface area contributed by atoms with E-state index in [4.69, 9.17) is 16.3 Å². The van der Waals surface area contributed by atoms with Crippen LogP contribution in [0.3, 0.4) is 0 Å². The van der Waals surface area contributed by atoms with Gasteiger partial charge in [0.15, 0.2) is 12.4 Å². The third-order valence-corrected chi connectivity index (χ3v) is 4.72. The highest BCUT2D eigenvalue weighted by atomic mass is 35.5. The normalized spacial score (nSPS) is 16.9. The van der Waals surface area contributed by atoms with Gasteiger partial charge in [0.25, 0.3) is 5.91 Å². The lowest BCUT2D eigenvalue weighted by molar-refractivity contribution is -0.118. The smallest absolute Gasteiger partial charge is 0.319 e. The number of amides is 3. The second-order valence-electron chi connectivity index (χ2n) is 6.48. The van der Waals surface area contributed by atoms with Crippen LogP contribution in [-0.2, 0) is 11.8 Å². The summed E-state index contributed by atoms with van der Waals surface area (Å²) in [5, 5.41) is 8.75. The van der Waals surface area contributed by atoms with Gasteiger partial charge in [0, 0.05) is 25.1 Å². The second-order valence-corrected chi connectivity index (χ2v) is 6.89. The van der Waals surface area contributed by atoms with Crippen molar-refractivity contribution in [2.45, 2.75) is 18.9 Å². The molecule has 1 aromatic carbocycles. The molecule has 2 aromatic rings. The molecule has 1 atom stereocenters. The molecule has 3 amide bonds. The van der Waals surface area contributed by atoms with Gasteiger partial charge in [0.2, 0.25) is 0 Å². The highest BCUT2D eigenvalue weighted by Gasteiger charge is 2.35. The summed E-state index contributed by atoms with van der Waals surface area (Å²) in [5.74, 6) is 1.35. The standard InChI is InChI=1S/C17H18ClN5O3/c1-23-5-4-19-16(23)14(9-2-3-9)22-17(25)20-10-6-11(18)15-12(7-10)21-13(24)8-26-15/h4-7,9,14H,2-3,8H2,1H3,(H,21,24)(H2,20,22,25)/t14-/m0/s1. The molecule has 136 valence electrons. The Hall–Kier alpha value is -2.74. The van der Waals surface area contributed by atoms with Gasteiger partial charge in [-0.2, -0.15) is 0 Å². The lowest BCUT2D eigenvalue weighted by atomic mass is 10.1. The van der Waals surface area contributed by atoms with Crippen molar-refractivity contribution in [3.8, 4) is 5.75 Å². The van der Waals surface area contributed by atoms with Crippen LogP contribution < -0.4 is 20.7 Å². The molecule has 0 unspecified atom stereocenters. The summed E-state index contributed by atoms with van der Waals surface area (Å²) in [6, 6.07) is 2.70. The third kappa shape index (κ3) is 3.32. The van der Waals surface area contributed by atoms with Crippen LogP contribution in [0.25, 0.3) is 0 Å². The Labute approximate surface area is 154 Å². The van der Waals surface area contributed by atoms with Gasteiger partial charge < -0.3 is 25.3 Å². The molecule has 2 heterocycles. The lowest BCUT2D eigenvalue weighted by Crippen LogP contribution is -2.35. The molecule has 0 spiro atoms. The molecule has 0 bridgehead atoms. The summed E-state index contributed by atoms with van der Waals surface area (Å²) < 4.78 is 7.22. The summed E-state index contributed by atoms with van der Waals surface area (Å²) in [6.07, 6.45) is 5.70. The monoisotopic (exact) mass is 375 g/mol. The van der Waals surface area contributed by atoms with Crippen molar-refractivity contribution in [2.75, 3.05) is 17.2 Å². The number of urea groups is 1. The molecule has 1 fully saturated rings. The number of aromatic nitrogens is 2. The van der Waals surface area contributed by atoms with Crippen molar-refractivity contribution in [3.63, 3.8) is 0 Å². The van der Waals surface area contributed by atoms with E-state index in [0.29, 0.717) is 28.1 Å². The molecule has 1 aromatic heterocycles. The van der Waals surface area contributed by atoms with Crippen LogP contribution in [0.4, 0.5) is 16.2 Å². The Kier molecular flexibility index (Phi) is 4.20. The number of hydrogen-bond acceptors (Lipinski definition) is 4. The van der Waals surface area contributed by atoms with E-state index in [1.165, 1.54) is 0 Å². The molecule has 0 radical (unpaired) electrons. The van der Waals surface area contributed by atoms with Crippen molar-refractivity contribution >= 4 is 34.9 Å². The zero-order chi connectivity index (χ0) is 18.3. The summed E-state index contributed by atoms with van der Waals surface area (Å²) in [5.41, 5.74) is 0.901. The van der Waals surface area contributed by atoms with Crippen LogP contribution in [0.15, 0.2) is 24.5 Å². The first-order valence-electron chi connectivity index (χ1n) is 8.32. The first-order valence-corrected chi connectivity index (χ1v) is 8.70. The predicted molar refractivity (Wildman–Crippen MR) is 96.4 cm³/mol. The number of nitrogens with one attached hydrogen (secondary N) is 3. The molecule has 9 heteroatoms. The van der Waals surface area contributed by atoms with Crippen molar-refractivity contribution in [2.24, 2.45) is 13.0 Å². The van der Waals surface area contributed by atoms with Crippen LogP contribution >= 0.6 is 11.6 Å². The van der Waals surface area contributed by atoms with Gasteiger partial charge in [-0.15, -0.1) is 0 Å². The number of aryl methyl sites for hydroxylation is 1. The van der Waals surface area contributed by atoms with Crippen molar-refractivity contribution in [1.29, 1.82) is 0 Å². The third-order valence-electron chi connectivity index (χ3n) is 4.44. The Morgan fingerprint density at radius 3 is 2.96 bits per heavy atom. The number of halogens is 1. The molecule has 2 aliphatic rings. The first kappa shape index (κ1) is 16.7. The van der Waals surface area contributed by atoms with Crippen LogP contribution in [-0.4, -0.2) is 28.1 Å². The highest BCUT2D eigenvalue weighted by molar-refractivity contribution is 6.33. The minimum Gasteiger partial charge on any atom is -0.480 e. The topological polar surface area (TPSA) is 97.3 Å². The van der Waals surface area contributed by atoms with Crippen molar-refractivity contribution in [3.05, 3.63) is 35.4 Å². The van der Waals surface area contributed by atoms with E-state index >= 15 is 0 Å². The number of hydrogen-bond donors (Lipinski definition) is 3. The molecular weight excluding hydrogens is 358 g/mol. The lowest BCUT2D eigenvalue weighted by Gasteiger charge is -2.21. The van der Waals surface area contributed by atoms with Crippen LogP contribution in [0.5, 0.6) is 5.75 Å². The van der Waals surface area contributed by atoms with E-state index in [1.54, 1.807) is 18.3 Å². The Bertz CT molecular complexity index is 877. The van der Waals surface area contributed by atoms with Gasteiger partial charge >= 0.3 is 6.03 Å². The number of carbonyl (C=O) groups excluding carboxylic acids is 2. The largest absolute Gasteiger partial charge is 0.480 e. The van der Waals surface area contributed by atoms with Gasteiger partial charge in [-0.25, -0.2) is 9.78 Å². The summed E-state index contributed by atoms with van der Waals surface area (Å²) in [7, 11) is 1.91. The number of anilines is 2. The Morgan fingerprint density at radius 2 is 2.27 bits per heavy atom. The number of imidazole rings is 1. The molecule has 1 aliphatic heterocycles. The molecule has 1 aliphatic carbocycles. The Balaban J connectivity index is 1.49. The van der Waals surface area contributed by atoms with Crippen LogP contribution in [0.2, 0.25) is 5.02 Å². The number of carbonyl (C=O) groups is 2. The Morgan fingerprint density at radius 1 is 1.46 bits per heavy atom. The molecule has 4 rings (SSSR count). The number of benzene rings is 1. The fourth-order valence-electron chi connectivity index (χ4n) is 3.04. The number of rotatable bonds is 4. The predicted octanol–water partition coefficient (Wildman–Crippen LogP) is 2.68. The average Bonchev–Trinajstić information content (AvgIpc) is 3.34. The molecule has 26 heavy (non-hydrogen) atoms. The van der Waals surface area contributed by atoms with Crippen molar-refractivity contribution in [1.82, 2.24) is 14.9 Å². The molecule has 1 saturated carbocycles. The fraction of sp³-hybridized carbons (Fsp3) is 0.353. The van der Waals surface area contributed by atoms with Gasteiger partial charge in [0.1, 0.15) is 5.82 Å². The van der Waals surface area contributed by atoms with Gasteiger partial charge in [-0.1, -0.05) is 11.6 Å². The molecule has 3 N–H and O–H groups in total. The van der Waals surface area contributed by atoms with E-state index in [-0.39, 0.29) is 24.6 Å². The maximum absolute atomic E-state index is 12.5. The van der Waals surface area contributed by atoms with Crippen molar-refractivity contribution < 1.29 is 14.3 Å². The molecular formula is C17H18ClN5O3. The fourth-order valence-corrected chi connectivity index (χ4v) is 3.31. The summed E-state index contributed by atoms with van der Waals surface area (Å²) >= 11 is 6.19. The summed E-state index contributed by atoms with van der Waals surface area (Å²) in [4.78, 5) is 28.3. The minimum atomic E-state index is -0.357. The number of fused-ring (bicyclic) bond motifs is 1. The number of nitrogens with zero attached hydrogens (tertiary/aromatic N) is 2. The van der Waals surface area contributed by atoms with E-state index < -0.39 is 0 Å². The summed E-state index contributed by atoms with van der Waals surface area (Å²) in [6.45, 7) is -0.0767. The zero-order valence-electron chi connectivity index (χ0n) is 14.1. The van der Waals surface area contributed by atoms with E-state index in [2.05, 4.69) is 20.9 Å². The maximum atomic E-state index is 12.5. The number of ether oxygens (including phenoxy) is 1. The molecule has 0 saturated heterocycles. The van der Waals surface area contributed by atoms with Crippen LogP contribution in [0, 0.1) is 5.92 Å². The van der Waals surface area contributed by atoms with Gasteiger partial charge in [0.05, 0.1) is 16.8 Å². The second kappa shape index (κ2) is 6.53. The first-order chi connectivity index (χ1) is 12.5. The van der Waals surface area contributed by atoms with Crippen LogP contribution in [0.1, 0.15) is 24.7 Å². The highest BCUT2D eigenvalue weighted by Crippen LogP contribution is 2.41. The average molecular weight is 376 g/mol. The van der Waals surface area contributed by atoms with E-state index in [0.717, 1.165) is 18.7 Å². The minimum absolute atomic E-state index is 0.0767. The van der Waals surface area contributed by atoms with E-state index in [1.807, 2.05) is 17.8 Å². The molecule has 8 nitrogen and oxygen atoms in total. The van der Waals surface area contributed by atoms with E-state index in [9.17, 15) is 9.59 Å².